The highest BCUT2D eigenvalue weighted by Crippen LogP contribution is 2.36. The van der Waals surface area contributed by atoms with Gasteiger partial charge in [0.15, 0.2) is 11.5 Å². The highest BCUT2D eigenvalue weighted by molar-refractivity contribution is 5.73. The Morgan fingerprint density at radius 2 is 1.90 bits per heavy atom. The van der Waals surface area contributed by atoms with E-state index in [0.717, 1.165) is 35.6 Å². The van der Waals surface area contributed by atoms with Gasteiger partial charge in [-0.05, 0) is 55.5 Å². The van der Waals surface area contributed by atoms with E-state index < -0.39 is 6.03 Å². The average Bonchev–Trinajstić information content (AvgIpc) is 2.72. The van der Waals surface area contributed by atoms with E-state index in [0.29, 0.717) is 26.1 Å². The van der Waals surface area contributed by atoms with Crippen molar-refractivity contribution < 1.29 is 18.7 Å². The standard InChI is InChI=1S/C23H28FN3O3/c1-29-21-10-9-18(14-22(21)30-20-3-2-4-20)26-11-12-27(23(25)28)19(15-26)13-16-5-7-17(24)8-6-16/h5-10,14,19-20H,2-4,11-13,15H2,1H3,(H2,25,28)/t19-/m0/s1. The first-order valence-corrected chi connectivity index (χ1v) is 10.4. The van der Waals surface area contributed by atoms with Crippen LogP contribution in [0.15, 0.2) is 42.5 Å². The van der Waals surface area contributed by atoms with Gasteiger partial charge in [0, 0.05) is 31.4 Å². The van der Waals surface area contributed by atoms with Crippen LogP contribution in [-0.4, -0.2) is 49.8 Å². The Balaban J connectivity index is 1.53. The third-order valence-corrected chi connectivity index (χ3v) is 6.01. The van der Waals surface area contributed by atoms with Gasteiger partial charge in [-0.15, -0.1) is 0 Å². The number of urea groups is 1. The Morgan fingerprint density at radius 3 is 2.53 bits per heavy atom. The summed E-state index contributed by atoms with van der Waals surface area (Å²) in [7, 11) is 1.65. The molecule has 2 aromatic carbocycles. The van der Waals surface area contributed by atoms with E-state index in [-0.39, 0.29) is 18.0 Å². The second kappa shape index (κ2) is 8.81. The lowest BCUT2D eigenvalue weighted by atomic mass is 9.96. The van der Waals surface area contributed by atoms with Crippen LogP contribution in [0.25, 0.3) is 0 Å². The van der Waals surface area contributed by atoms with Gasteiger partial charge >= 0.3 is 6.03 Å². The quantitative estimate of drug-likeness (QED) is 0.786. The second-order valence-corrected chi connectivity index (χ2v) is 7.97. The van der Waals surface area contributed by atoms with E-state index in [1.54, 1.807) is 24.1 Å². The number of amides is 2. The molecule has 160 valence electrons. The number of rotatable bonds is 6. The molecule has 1 saturated heterocycles. The Kier molecular flexibility index (Phi) is 5.97. The van der Waals surface area contributed by atoms with Crippen molar-refractivity contribution in [2.45, 2.75) is 37.8 Å². The molecule has 1 saturated carbocycles. The molecule has 0 bridgehead atoms. The molecule has 6 nitrogen and oxygen atoms in total. The molecule has 0 aromatic heterocycles. The molecule has 2 aliphatic rings. The van der Waals surface area contributed by atoms with Crippen molar-refractivity contribution in [2.24, 2.45) is 5.73 Å². The molecule has 0 radical (unpaired) electrons. The smallest absolute Gasteiger partial charge is 0.315 e. The zero-order chi connectivity index (χ0) is 21.1. The minimum absolute atomic E-state index is 0.0974. The topological polar surface area (TPSA) is 68.0 Å². The van der Waals surface area contributed by atoms with E-state index in [1.807, 2.05) is 18.2 Å². The number of primary amides is 1. The van der Waals surface area contributed by atoms with Crippen molar-refractivity contribution in [3.05, 3.63) is 53.8 Å². The maximum Gasteiger partial charge on any atom is 0.315 e. The highest BCUT2D eigenvalue weighted by Gasteiger charge is 2.30. The molecule has 1 aliphatic heterocycles. The fraction of sp³-hybridized carbons (Fsp3) is 0.435. The highest BCUT2D eigenvalue weighted by atomic mass is 19.1. The lowest BCUT2D eigenvalue weighted by molar-refractivity contribution is 0.116. The van der Waals surface area contributed by atoms with Crippen LogP contribution in [0.4, 0.5) is 14.9 Å². The average molecular weight is 413 g/mol. The van der Waals surface area contributed by atoms with Gasteiger partial charge < -0.3 is 25.0 Å². The lowest BCUT2D eigenvalue weighted by Crippen LogP contribution is -2.57. The summed E-state index contributed by atoms with van der Waals surface area (Å²) in [6.07, 6.45) is 4.22. The van der Waals surface area contributed by atoms with Crippen LogP contribution in [0.1, 0.15) is 24.8 Å². The number of halogens is 1. The number of methoxy groups -OCH3 is 1. The molecule has 30 heavy (non-hydrogen) atoms. The van der Waals surface area contributed by atoms with E-state index >= 15 is 0 Å². The van der Waals surface area contributed by atoms with E-state index in [9.17, 15) is 9.18 Å². The Labute approximate surface area is 176 Å². The van der Waals surface area contributed by atoms with E-state index in [1.165, 1.54) is 18.6 Å². The van der Waals surface area contributed by atoms with Crippen LogP contribution < -0.4 is 20.1 Å². The molecular formula is C23H28FN3O3. The number of hydrogen-bond donors (Lipinski definition) is 1. The molecule has 2 amide bonds. The van der Waals surface area contributed by atoms with Crippen molar-refractivity contribution in [1.29, 1.82) is 0 Å². The fourth-order valence-corrected chi connectivity index (χ4v) is 4.07. The van der Waals surface area contributed by atoms with Gasteiger partial charge in [0.1, 0.15) is 5.82 Å². The minimum atomic E-state index is -0.425. The first-order chi connectivity index (χ1) is 14.5. The van der Waals surface area contributed by atoms with Crippen LogP contribution in [-0.2, 0) is 6.42 Å². The van der Waals surface area contributed by atoms with Crippen LogP contribution in [0.2, 0.25) is 0 Å². The number of nitrogens with zero attached hydrogens (tertiary/aromatic N) is 2. The number of anilines is 1. The molecule has 0 unspecified atom stereocenters. The molecule has 4 rings (SSSR count). The van der Waals surface area contributed by atoms with Crippen LogP contribution >= 0.6 is 0 Å². The molecule has 1 atom stereocenters. The van der Waals surface area contributed by atoms with Gasteiger partial charge in [0.2, 0.25) is 0 Å². The lowest BCUT2D eigenvalue weighted by Gasteiger charge is -2.42. The summed E-state index contributed by atoms with van der Waals surface area (Å²) < 4.78 is 24.9. The number of benzene rings is 2. The number of carbonyl (C=O) groups is 1. The van der Waals surface area contributed by atoms with E-state index in [4.69, 9.17) is 15.2 Å². The summed E-state index contributed by atoms with van der Waals surface area (Å²) in [5.41, 5.74) is 7.63. The minimum Gasteiger partial charge on any atom is -0.493 e. The third-order valence-electron chi connectivity index (χ3n) is 6.01. The van der Waals surface area contributed by atoms with Crippen LogP contribution in [0, 0.1) is 5.82 Å². The van der Waals surface area contributed by atoms with Crippen LogP contribution in [0.5, 0.6) is 11.5 Å². The monoisotopic (exact) mass is 413 g/mol. The first-order valence-electron chi connectivity index (χ1n) is 10.4. The van der Waals surface area contributed by atoms with Crippen LogP contribution in [0.3, 0.4) is 0 Å². The van der Waals surface area contributed by atoms with Gasteiger partial charge in [0.25, 0.3) is 0 Å². The predicted molar refractivity (Wildman–Crippen MR) is 114 cm³/mol. The molecular weight excluding hydrogens is 385 g/mol. The van der Waals surface area contributed by atoms with Gasteiger partial charge in [-0.2, -0.15) is 0 Å². The van der Waals surface area contributed by atoms with Crippen molar-refractivity contribution in [3.8, 4) is 11.5 Å². The number of ether oxygens (including phenoxy) is 2. The Morgan fingerprint density at radius 1 is 1.13 bits per heavy atom. The van der Waals surface area contributed by atoms with E-state index in [2.05, 4.69) is 4.90 Å². The van der Waals surface area contributed by atoms with Gasteiger partial charge in [0.05, 0.1) is 19.3 Å². The van der Waals surface area contributed by atoms with Gasteiger partial charge in [-0.3, -0.25) is 0 Å². The third kappa shape index (κ3) is 4.45. The summed E-state index contributed by atoms with van der Waals surface area (Å²) in [5, 5.41) is 0. The van der Waals surface area contributed by atoms with Crippen molar-refractivity contribution in [1.82, 2.24) is 4.90 Å². The molecule has 1 aliphatic carbocycles. The largest absolute Gasteiger partial charge is 0.493 e. The SMILES string of the molecule is COc1ccc(N2CCN(C(N)=O)[C@@H](Cc3ccc(F)cc3)C2)cc1OC1CCC1. The van der Waals surface area contributed by atoms with Crippen molar-refractivity contribution >= 4 is 11.7 Å². The molecule has 1 heterocycles. The summed E-state index contributed by atoms with van der Waals surface area (Å²) in [4.78, 5) is 15.9. The number of hydrogen-bond acceptors (Lipinski definition) is 4. The van der Waals surface area contributed by atoms with Gasteiger partial charge in [-0.25, -0.2) is 9.18 Å². The maximum atomic E-state index is 13.3. The number of nitrogens with two attached hydrogens (primary N) is 1. The number of piperazine rings is 1. The second-order valence-electron chi connectivity index (χ2n) is 7.97. The molecule has 2 aromatic rings. The van der Waals surface area contributed by atoms with Crippen molar-refractivity contribution in [2.75, 3.05) is 31.6 Å². The first kappa shape index (κ1) is 20.3. The van der Waals surface area contributed by atoms with Crippen molar-refractivity contribution in [3.63, 3.8) is 0 Å². The zero-order valence-electron chi connectivity index (χ0n) is 17.2. The summed E-state index contributed by atoms with van der Waals surface area (Å²) in [6, 6.07) is 11.8. The Hall–Kier alpha value is -2.96. The molecule has 2 N–H and O–H groups in total. The molecule has 2 fully saturated rings. The van der Waals surface area contributed by atoms with Gasteiger partial charge in [-0.1, -0.05) is 12.1 Å². The summed E-state index contributed by atoms with van der Waals surface area (Å²) >= 11 is 0. The zero-order valence-corrected chi connectivity index (χ0v) is 17.2. The number of carbonyl (C=O) groups excluding carboxylic acids is 1. The molecule has 0 spiro atoms. The fourth-order valence-electron chi connectivity index (χ4n) is 4.07. The summed E-state index contributed by atoms with van der Waals surface area (Å²) in [6.45, 7) is 1.85. The Bertz CT molecular complexity index is 886. The normalized spacial score (nSPS) is 19.3. The molecule has 7 heteroatoms. The summed E-state index contributed by atoms with van der Waals surface area (Å²) in [5.74, 6) is 1.21. The predicted octanol–water partition coefficient (Wildman–Crippen LogP) is 3.58. The maximum absolute atomic E-state index is 13.3.